The minimum atomic E-state index is -0.288. The van der Waals surface area contributed by atoms with Crippen LogP contribution in [-0.2, 0) is 13.1 Å². The Bertz CT molecular complexity index is 1090. The van der Waals surface area contributed by atoms with Gasteiger partial charge in [0, 0.05) is 24.5 Å². The van der Waals surface area contributed by atoms with E-state index in [-0.39, 0.29) is 5.82 Å². The van der Waals surface area contributed by atoms with Crippen molar-refractivity contribution < 1.29 is 4.39 Å². The minimum absolute atomic E-state index is 0.288. The van der Waals surface area contributed by atoms with Crippen LogP contribution in [0.4, 0.5) is 15.8 Å². The first-order valence-corrected chi connectivity index (χ1v) is 8.38. The Labute approximate surface area is 149 Å². The summed E-state index contributed by atoms with van der Waals surface area (Å²) < 4.78 is 17.6. The number of hydrogen-bond donors (Lipinski definition) is 2. The van der Waals surface area contributed by atoms with E-state index >= 15 is 0 Å². The van der Waals surface area contributed by atoms with E-state index in [4.69, 9.17) is 16.5 Å². The molecular weight excluding hydrogens is 331 g/mol. The Morgan fingerprint density at radius 2 is 1.92 bits per heavy atom. The molecule has 6 nitrogen and oxygen atoms in total. The predicted octanol–water partition coefficient (Wildman–Crippen LogP) is 3.27. The molecule has 2 aromatic carbocycles. The highest BCUT2D eigenvalue weighted by molar-refractivity contribution is 5.86. The Hall–Kier alpha value is -3.35. The van der Waals surface area contributed by atoms with Gasteiger partial charge in [-0.2, -0.15) is 0 Å². The highest BCUT2D eigenvalue weighted by atomic mass is 19.1. The van der Waals surface area contributed by atoms with Crippen LogP contribution in [0.1, 0.15) is 12.7 Å². The van der Waals surface area contributed by atoms with Crippen LogP contribution in [0.2, 0.25) is 0 Å². The van der Waals surface area contributed by atoms with Gasteiger partial charge in [-0.1, -0.05) is 12.1 Å². The molecule has 2 aromatic heterocycles. The molecule has 0 radical (unpaired) electrons. The van der Waals surface area contributed by atoms with E-state index in [0.717, 1.165) is 29.0 Å². The smallest absolute Gasteiger partial charge is 0.140 e. The molecule has 0 bridgehead atoms. The number of aromatic nitrogens is 4. The second kappa shape index (κ2) is 6.18. The Morgan fingerprint density at radius 1 is 1.12 bits per heavy atom. The maximum Gasteiger partial charge on any atom is 0.140 e. The molecule has 2 heterocycles. The zero-order chi connectivity index (χ0) is 18.3. The molecular formula is C19H19FN6. The number of nitrogens with two attached hydrogens (primary N) is 2. The normalized spacial score (nSPS) is 11.3. The highest BCUT2D eigenvalue weighted by Crippen LogP contribution is 2.26. The molecule has 0 fully saturated rings. The molecule has 0 saturated heterocycles. The first kappa shape index (κ1) is 16.1. The molecule has 0 aliphatic rings. The number of aryl methyl sites for hydroxylation is 1. The predicted molar refractivity (Wildman–Crippen MR) is 101 cm³/mol. The molecule has 0 spiro atoms. The number of hydrogen-bond acceptors (Lipinski definition) is 4. The molecule has 4 aromatic rings. The fraction of sp³-hybridized carbons (Fsp3) is 0.158. The average Bonchev–Trinajstić information content (AvgIpc) is 3.20. The van der Waals surface area contributed by atoms with Crippen LogP contribution in [0.5, 0.6) is 0 Å². The molecule has 26 heavy (non-hydrogen) atoms. The Balaban J connectivity index is 1.78. The number of nitrogen functional groups attached to an aromatic ring is 2. The number of anilines is 2. The zero-order valence-corrected chi connectivity index (χ0v) is 14.4. The summed E-state index contributed by atoms with van der Waals surface area (Å²) in [5, 5.41) is 0. The van der Waals surface area contributed by atoms with E-state index < -0.39 is 0 Å². The Kier molecular flexibility index (Phi) is 3.84. The monoisotopic (exact) mass is 350 g/mol. The summed E-state index contributed by atoms with van der Waals surface area (Å²) >= 11 is 0. The van der Waals surface area contributed by atoms with Crippen molar-refractivity contribution in [1.82, 2.24) is 19.1 Å². The van der Waals surface area contributed by atoms with E-state index in [1.807, 2.05) is 22.9 Å². The van der Waals surface area contributed by atoms with Crippen LogP contribution in [0.25, 0.3) is 22.4 Å². The molecule has 0 aliphatic carbocycles. The molecule has 4 rings (SSSR count). The molecule has 0 amide bonds. The lowest BCUT2D eigenvalue weighted by Crippen LogP contribution is -2.08. The van der Waals surface area contributed by atoms with Gasteiger partial charge in [-0.3, -0.25) is 0 Å². The van der Waals surface area contributed by atoms with Crippen molar-refractivity contribution in [1.29, 1.82) is 0 Å². The van der Waals surface area contributed by atoms with Gasteiger partial charge in [-0.25, -0.2) is 14.4 Å². The van der Waals surface area contributed by atoms with E-state index in [2.05, 4.69) is 16.5 Å². The van der Waals surface area contributed by atoms with Crippen LogP contribution in [-0.4, -0.2) is 19.1 Å². The summed E-state index contributed by atoms with van der Waals surface area (Å²) in [6.45, 7) is 3.31. The topological polar surface area (TPSA) is 87.7 Å². The van der Waals surface area contributed by atoms with Gasteiger partial charge < -0.3 is 20.6 Å². The molecule has 0 saturated carbocycles. The summed E-state index contributed by atoms with van der Waals surface area (Å²) in [5.41, 5.74) is 15.4. The molecule has 132 valence electrons. The van der Waals surface area contributed by atoms with Crippen LogP contribution in [0.15, 0.2) is 48.8 Å². The van der Waals surface area contributed by atoms with Crippen molar-refractivity contribution in [3.63, 3.8) is 0 Å². The lowest BCUT2D eigenvalue weighted by atomic mass is 10.2. The third-order valence-corrected chi connectivity index (χ3v) is 4.46. The SMILES string of the molecule is CCn1c(Cn2ccnc2-c2cccc(F)c2)nc2cc(N)c(N)cc21. The summed E-state index contributed by atoms with van der Waals surface area (Å²) in [4.78, 5) is 9.10. The van der Waals surface area contributed by atoms with E-state index in [0.29, 0.717) is 23.7 Å². The van der Waals surface area contributed by atoms with Crippen LogP contribution >= 0.6 is 0 Å². The third kappa shape index (κ3) is 2.67. The number of fused-ring (bicyclic) bond motifs is 1. The first-order valence-electron chi connectivity index (χ1n) is 8.38. The van der Waals surface area contributed by atoms with Crippen LogP contribution < -0.4 is 11.5 Å². The van der Waals surface area contributed by atoms with Crippen LogP contribution in [0.3, 0.4) is 0 Å². The zero-order valence-electron chi connectivity index (χ0n) is 14.4. The van der Waals surface area contributed by atoms with Gasteiger partial charge >= 0.3 is 0 Å². The molecule has 4 N–H and O–H groups in total. The number of imidazole rings is 2. The summed E-state index contributed by atoms with van der Waals surface area (Å²) in [6, 6.07) is 10.1. The van der Waals surface area contributed by atoms with Gasteiger partial charge in [0.25, 0.3) is 0 Å². The molecule has 7 heteroatoms. The number of halogens is 1. The lowest BCUT2D eigenvalue weighted by Gasteiger charge is -2.10. The quantitative estimate of drug-likeness (QED) is 0.553. The van der Waals surface area contributed by atoms with Crippen molar-refractivity contribution >= 4 is 22.4 Å². The van der Waals surface area contributed by atoms with Gasteiger partial charge in [-0.05, 0) is 31.2 Å². The molecule has 0 unspecified atom stereocenters. The van der Waals surface area contributed by atoms with Gasteiger partial charge in [-0.15, -0.1) is 0 Å². The largest absolute Gasteiger partial charge is 0.397 e. The van der Waals surface area contributed by atoms with E-state index in [1.54, 1.807) is 18.3 Å². The third-order valence-electron chi connectivity index (χ3n) is 4.46. The summed E-state index contributed by atoms with van der Waals surface area (Å²) in [5.74, 6) is 1.27. The second-order valence-corrected chi connectivity index (χ2v) is 6.13. The summed E-state index contributed by atoms with van der Waals surface area (Å²) in [7, 11) is 0. The fourth-order valence-corrected chi connectivity index (χ4v) is 3.20. The van der Waals surface area contributed by atoms with Crippen molar-refractivity contribution in [3.05, 3.63) is 60.4 Å². The number of rotatable bonds is 4. The fourth-order valence-electron chi connectivity index (χ4n) is 3.20. The van der Waals surface area contributed by atoms with Gasteiger partial charge in [0.15, 0.2) is 0 Å². The highest BCUT2D eigenvalue weighted by Gasteiger charge is 2.14. The van der Waals surface area contributed by atoms with Crippen molar-refractivity contribution in [2.24, 2.45) is 0 Å². The van der Waals surface area contributed by atoms with E-state index in [9.17, 15) is 4.39 Å². The molecule has 0 aliphatic heterocycles. The standard InChI is InChI=1S/C19H19FN6/c1-2-26-17-10-15(22)14(21)9-16(17)24-18(26)11-25-7-6-23-19(25)12-4-3-5-13(20)8-12/h3-10H,2,11,21-22H2,1H3. The van der Waals surface area contributed by atoms with Crippen molar-refractivity contribution in [2.45, 2.75) is 20.0 Å². The number of nitrogens with zero attached hydrogens (tertiary/aromatic N) is 4. The van der Waals surface area contributed by atoms with Crippen molar-refractivity contribution in [3.8, 4) is 11.4 Å². The number of benzene rings is 2. The first-order chi connectivity index (χ1) is 12.6. The van der Waals surface area contributed by atoms with Gasteiger partial charge in [0.1, 0.15) is 17.5 Å². The van der Waals surface area contributed by atoms with E-state index in [1.165, 1.54) is 12.1 Å². The maximum absolute atomic E-state index is 13.6. The van der Waals surface area contributed by atoms with Crippen LogP contribution in [0, 0.1) is 5.82 Å². The minimum Gasteiger partial charge on any atom is -0.397 e. The van der Waals surface area contributed by atoms with Crippen molar-refractivity contribution in [2.75, 3.05) is 11.5 Å². The summed E-state index contributed by atoms with van der Waals surface area (Å²) in [6.07, 6.45) is 3.57. The molecule has 0 atom stereocenters. The second-order valence-electron chi connectivity index (χ2n) is 6.13. The average molecular weight is 350 g/mol. The van der Waals surface area contributed by atoms with Gasteiger partial charge in [0.2, 0.25) is 0 Å². The Morgan fingerprint density at radius 3 is 2.69 bits per heavy atom. The van der Waals surface area contributed by atoms with Gasteiger partial charge in [0.05, 0.1) is 29.0 Å². The lowest BCUT2D eigenvalue weighted by molar-refractivity contribution is 0.627. The maximum atomic E-state index is 13.6.